The fraction of sp³-hybridized carbons (Fsp3) is 1.00. The second-order valence-electron chi connectivity index (χ2n) is 5.36. The average molecular weight is 214 g/mol. The number of aliphatic hydroxyl groups excluding tert-OH is 1. The molecule has 0 amide bonds. The maximum Gasteiger partial charge on any atom is 0.0566 e. The molecule has 3 heteroatoms. The molecule has 1 fully saturated rings. The van der Waals surface area contributed by atoms with E-state index in [9.17, 15) is 5.11 Å². The number of likely N-dealkylation sites (tertiary alicyclic amines) is 1. The third-order valence-corrected chi connectivity index (χ3v) is 3.47. The number of rotatable bonds is 4. The van der Waals surface area contributed by atoms with Crippen molar-refractivity contribution in [2.75, 3.05) is 27.2 Å². The van der Waals surface area contributed by atoms with Crippen LogP contribution in [0.15, 0.2) is 0 Å². The Morgan fingerprint density at radius 3 is 2.60 bits per heavy atom. The lowest BCUT2D eigenvalue weighted by atomic mass is 9.87. The van der Waals surface area contributed by atoms with Crippen molar-refractivity contribution < 1.29 is 5.11 Å². The Morgan fingerprint density at radius 2 is 2.07 bits per heavy atom. The van der Waals surface area contributed by atoms with Crippen LogP contribution in [-0.2, 0) is 0 Å². The molecule has 1 heterocycles. The van der Waals surface area contributed by atoms with E-state index >= 15 is 0 Å². The highest BCUT2D eigenvalue weighted by molar-refractivity contribution is 4.82. The molecule has 90 valence electrons. The molecule has 15 heavy (non-hydrogen) atoms. The summed E-state index contributed by atoms with van der Waals surface area (Å²) in [7, 11) is 4.19. The zero-order valence-electron chi connectivity index (χ0n) is 10.5. The number of likely N-dealkylation sites (N-methyl/N-ethyl adjacent to an activating group) is 2. The van der Waals surface area contributed by atoms with Crippen LogP contribution in [0, 0.1) is 11.8 Å². The lowest BCUT2D eigenvalue weighted by Crippen LogP contribution is -2.47. The minimum atomic E-state index is -0.140. The average Bonchev–Trinajstić information content (AvgIpc) is 2.16. The summed E-state index contributed by atoms with van der Waals surface area (Å²) < 4.78 is 0. The minimum absolute atomic E-state index is 0.140. The molecular formula is C12H26N2O. The molecule has 0 aromatic carbocycles. The Balaban J connectivity index is 2.40. The lowest BCUT2D eigenvalue weighted by molar-refractivity contribution is 0.0695. The number of aliphatic hydroxyl groups is 1. The van der Waals surface area contributed by atoms with Crippen molar-refractivity contribution in [2.24, 2.45) is 11.8 Å². The van der Waals surface area contributed by atoms with Gasteiger partial charge < -0.3 is 15.3 Å². The molecule has 0 bridgehead atoms. The zero-order valence-corrected chi connectivity index (χ0v) is 10.5. The van der Waals surface area contributed by atoms with Crippen LogP contribution in [-0.4, -0.2) is 49.3 Å². The molecule has 0 radical (unpaired) electrons. The minimum Gasteiger partial charge on any atom is -0.393 e. The van der Waals surface area contributed by atoms with Gasteiger partial charge in [-0.2, -0.15) is 0 Å². The van der Waals surface area contributed by atoms with Crippen LogP contribution in [0.5, 0.6) is 0 Å². The molecule has 3 nitrogen and oxygen atoms in total. The third-order valence-electron chi connectivity index (χ3n) is 3.47. The van der Waals surface area contributed by atoms with Crippen molar-refractivity contribution in [3.8, 4) is 0 Å². The molecule has 0 spiro atoms. The van der Waals surface area contributed by atoms with Gasteiger partial charge in [-0.15, -0.1) is 0 Å². The van der Waals surface area contributed by atoms with Crippen LogP contribution >= 0.6 is 0 Å². The topological polar surface area (TPSA) is 35.5 Å². The highest BCUT2D eigenvalue weighted by Gasteiger charge is 2.26. The van der Waals surface area contributed by atoms with E-state index in [1.807, 2.05) is 7.05 Å². The molecule has 0 aliphatic carbocycles. The monoisotopic (exact) mass is 214 g/mol. The van der Waals surface area contributed by atoms with E-state index in [1.165, 1.54) is 6.42 Å². The van der Waals surface area contributed by atoms with E-state index in [0.29, 0.717) is 17.9 Å². The van der Waals surface area contributed by atoms with Gasteiger partial charge in [-0.1, -0.05) is 13.8 Å². The molecule has 0 aromatic heterocycles. The first-order chi connectivity index (χ1) is 7.02. The predicted octanol–water partition coefficient (Wildman–Crippen LogP) is 0.933. The van der Waals surface area contributed by atoms with E-state index < -0.39 is 0 Å². The van der Waals surface area contributed by atoms with E-state index in [2.05, 4.69) is 31.1 Å². The van der Waals surface area contributed by atoms with Crippen molar-refractivity contribution in [3.63, 3.8) is 0 Å². The van der Waals surface area contributed by atoms with Gasteiger partial charge in [0.25, 0.3) is 0 Å². The summed E-state index contributed by atoms with van der Waals surface area (Å²) >= 11 is 0. The van der Waals surface area contributed by atoms with Crippen molar-refractivity contribution in [1.82, 2.24) is 10.2 Å². The van der Waals surface area contributed by atoms with Gasteiger partial charge in [0.15, 0.2) is 0 Å². The van der Waals surface area contributed by atoms with Crippen LogP contribution < -0.4 is 5.32 Å². The quantitative estimate of drug-likeness (QED) is 0.731. The van der Waals surface area contributed by atoms with E-state index in [0.717, 1.165) is 19.5 Å². The van der Waals surface area contributed by atoms with Crippen molar-refractivity contribution in [2.45, 2.75) is 38.8 Å². The number of nitrogens with zero attached hydrogens (tertiary/aromatic N) is 1. The maximum absolute atomic E-state index is 9.88. The van der Waals surface area contributed by atoms with Gasteiger partial charge in [0.05, 0.1) is 6.10 Å². The summed E-state index contributed by atoms with van der Waals surface area (Å²) in [6.07, 6.45) is 2.00. The highest BCUT2D eigenvalue weighted by atomic mass is 16.3. The largest absolute Gasteiger partial charge is 0.393 e. The Morgan fingerprint density at radius 1 is 1.40 bits per heavy atom. The Kier molecular flexibility index (Phi) is 5.03. The Labute approximate surface area is 93.9 Å². The standard InChI is InChI=1S/C12H26N2O/c1-9(2)12(15)6-10-5-11(13-3)8-14(4)7-10/h9-13,15H,5-8H2,1-4H3. The van der Waals surface area contributed by atoms with E-state index in [-0.39, 0.29) is 6.10 Å². The van der Waals surface area contributed by atoms with Crippen LogP contribution in [0.25, 0.3) is 0 Å². The van der Waals surface area contributed by atoms with E-state index in [4.69, 9.17) is 0 Å². The molecule has 3 atom stereocenters. The first-order valence-electron chi connectivity index (χ1n) is 6.06. The number of hydrogen-bond donors (Lipinski definition) is 2. The summed E-state index contributed by atoms with van der Waals surface area (Å²) in [6.45, 7) is 6.44. The zero-order chi connectivity index (χ0) is 11.4. The first-order valence-corrected chi connectivity index (χ1v) is 6.06. The Hall–Kier alpha value is -0.120. The van der Waals surface area contributed by atoms with Gasteiger partial charge in [-0.25, -0.2) is 0 Å². The van der Waals surface area contributed by atoms with Crippen molar-refractivity contribution in [1.29, 1.82) is 0 Å². The molecule has 3 unspecified atom stereocenters. The molecule has 1 aliphatic rings. The van der Waals surface area contributed by atoms with Crippen LogP contribution in [0.1, 0.15) is 26.7 Å². The van der Waals surface area contributed by atoms with Crippen molar-refractivity contribution >= 4 is 0 Å². The third kappa shape index (κ3) is 4.09. The molecule has 2 N–H and O–H groups in total. The van der Waals surface area contributed by atoms with Crippen LogP contribution in [0.2, 0.25) is 0 Å². The lowest BCUT2D eigenvalue weighted by Gasteiger charge is -2.36. The predicted molar refractivity (Wildman–Crippen MR) is 63.9 cm³/mol. The maximum atomic E-state index is 9.88. The second kappa shape index (κ2) is 5.83. The first kappa shape index (κ1) is 12.9. The number of nitrogens with one attached hydrogen (secondary N) is 1. The van der Waals surface area contributed by atoms with Gasteiger partial charge in [0.2, 0.25) is 0 Å². The van der Waals surface area contributed by atoms with Gasteiger partial charge in [0, 0.05) is 19.1 Å². The second-order valence-corrected chi connectivity index (χ2v) is 5.36. The fourth-order valence-electron chi connectivity index (χ4n) is 2.44. The van der Waals surface area contributed by atoms with Crippen molar-refractivity contribution in [3.05, 3.63) is 0 Å². The van der Waals surface area contributed by atoms with Crippen LogP contribution in [0.3, 0.4) is 0 Å². The van der Waals surface area contributed by atoms with Gasteiger partial charge in [-0.05, 0) is 38.8 Å². The van der Waals surface area contributed by atoms with E-state index in [1.54, 1.807) is 0 Å². The normalized spacial score (nSPS) is 30.8. The summed E-state index contributed by atoms with van der Waals surface area (Å²) in [5.74, 6) is 1.02. The summed E-state index contributed by atoms with van der Waals surface area (Å²) in [4.78, 5) is 2.36. The number of piperidine rings is 1. The summed E-state index contributed by atoms with van der Waals surface area (Å²) in [6, 6.07) is 0.591. The smallest absolute Gasteiger partial charge is 0.0566 e. The molecule has 1 aliphatic heterocycles. The molecule has 1 rings (SSSR count). The summed E-state index contributed by atoms with van der Waals surface area (Å²) in [5, 5.41) is 13.2. The number of hydrogen-bond acceptors (Lipinski definition) is 3. The Bertz CT molecular complexity index is 184. The van der Waals surface area contributed by atoms with Gasteiger partial charge in [-0.3, -0.25) is 0 Å². The fourth-order valence-corrected chi connectivity index (χ4v) is 2.44. The highest BCUT2D eigenvalue weighted by Crippen LogP contribution is 2.22. The molecule has 1 saturated heterocycles. The van der Waals surface area contributed by atoms with Gasteiger partial charge in [0.1, 0.15) is 0 Å². The van der Waals surface area contributed by atoms with Crippen LogP contribution in [0.4, 0.5) is 0 Å². The summed E-state index contributed by atoms with van der Waals surface area (Å²) in [5.41, 5.74) is 0. The van der Waals surface area contributed by atoms with Gasteiger partial charge >= 0.3 is 0 Å². The SMILES string of the molecule is CNC1CC(CC(O)C(C)C)CN(C)C1. The molecule has 0 saturated carbocycles. The molecular weight excluding hydrogens is 188 g/mol. The molecule has 0 aromatic rings.